The molecule has 1 fully saturated rings. The lowest BCUT2D eigenvalue weighted by atomic mass is 9.76. The summed E-state index contributed by atoms with van der Waals surface area (Å²) in [6, 6.07) is 2.41. The van der Waals surface area contributed by atoms with E-state index in [1.165, 1.54) is 5.69 Å². The number of rotatable bonds is 2. The molecule has 0 saturated heterocycles. The molecule has 3 atom stereocenters. The average Bonchev–Trinajstić information content (AvgIpc) is 2.63. The molecule has 1 aromatic heterocycles. The second-order valence-electron chi connectivity index (χ2n) is 5.36. The minimum atomic E-state index is -0.149. The van der Waals surface area contributed by atoms with E-state index in [0.29, 0.717) is 17.9 Å². The molecule has 16 heavy (non-hydrogen) atoms. The third-order valence-electron chi connectivity index (χ3n) is 3.88. The Kier molecular flexibility index (Phi) is 3.33. The van der Waals surface area contributed by atoms with Crippen molar-refractivity contribution >= 4 is 0 Å². The lowest BCUT2D eigenvalue weighted by molar-refractivity contribution is 0.0514. The Bertz CT molecular complexity index is 345. The zero-order valence-corrected chi connectivity index (χ0v) is 10.4. The molecule has 1 aliphatic rings. The van der Waals surface area contributed by atoms with Crippen molar-refractivity contribution in [1.82, 2.24) is 9.78 Å². The third-order valence-corrected chi connectivity index (χ3v) is 3.88. The fourth-order valence-electron chi connectivity index (χ4n) is 2.94. The van der Waals surface area contributed by atoms with Gasteiger partial charge in [0.2, 0.25) is 0 Å². The van der Waals surface area contributed by atoms with Crippen molar-refractivity contribution in [2.75, 3.05) is 0 Å². The number of hydrogen-bond donors (Lipinski definition) is 1. The van der Waals surface area contributed by atoms with Crippen molar-refractivity contribution in [3.8, 4) is 0 Å². The summed E-state index contributed by atoms with van der Waals surface area (Å²) in [5.41, 5.74) is 1.20. The zero-order valence-electron chi connectivity index (χ0n) is 10.4. The highest BCUT2D eigenvalue weighted by molar-refractivity contribution is 5.00. The first-order chi connectivity index (χ1) is 7.59. The molecule has 3 unspecified atom stereocenters. The molecule has 0 bridgehead atoms. The summed E-state index contributed by atoms with van der Waals surface area (Å²) in [4.78, 5) is 0. The van der Waals surface area contributed by atoms with Gasteiger partial charge in [-0.3, -0.25) is 4.68 Å². The zero-order chi connectivity index (χ0) is 11.7. The monoisotopic (exact) mass is 222 g/mol. The quantitative estimate of drug-likeness (QED) is 0.835. The van der Waals surface area contributed by atoms with Crippen LogP contribution in [0, 0.1) is 18.8 Å². The van der Waals surface area contributed by atoms with Gasteiger partial charge >= 0.3 is 0 Å². The summed E-state index contributed by atoms with van der Waals surface area (Å²) in [7, 11) is 0. The molecule has 1 aromatic rings. The van der Waals surface area contributed by atoms with Crippen LogP contribution < -0.4 is 0 Å². The van der Waals surface area contributed by atoms with Gasteiger partial charge in [-0.15, -0.1) is 0 Å². The van der Waals surface area contributed by atoms with Crippen LogP contribution in [0.25, 0.3) is 0 Å². The Morgan fingerprint density at radius 2 is 2.19 bits per heavy atom. The predicted molar refractivity (Wildman–Crippen MR) is 64.2 cm³/mol. The first-order valence-corrected chi connectivity index (χ1v) is 6.27. The van der Waals surface area contributed by atoms with Crippen molar-refractivity contribution in [3.05, 3.63) is 18.0 Å². The molecule has 0 amide bonds. The Hall–Kier alpha value is -0.830. The van der Waals surface area contributed by atoms with E-state index in [9.17, 15) is 5.11 Å². The molecule has 90 valence electrons. The van der Waals surface area contributed by atoms with Gasteiger partial charge in [0.15, 0.2) is 0 Å². The first kappa shape index (κ1) is 11.6. The van der Waals surface area contributed by atoms with E-state index in [0.717, 1.165) is 19.3 Å². The molecule has 3 nitrogen and oxygen atoms in total. The van der Waals surface area contributed by atoms with Crippen LogP contribution in [0.1, 0.15) is 44.8 Å². The molecule has 1 aliphatic carbocycles. The van der Waals surface area contributed by atoms with Crippen LogP contribution in [-0.2, 0) is 0 Å². The van der Waals surface area contributed by atoms with Crippen molar-refractivity contribution in [1.29, 1.82) is 0 Å². The van der Waals surface area contributed by atoms with Crippen LogP contribution in [0.5, 0.6) is 0 Å². The summed E-state index contributed by atoms with van der Waals surface area (Å²) in [5.74, 6) is 1.29. The van der Waals surface area contributed by atoms with Crippen molar-refractivity contribution in [2.24, 2.45) is 11.8 Å². The Morgan fingerprint density at radius 3 is 2.75 bits per heavy atom. The third kappa shape index (κ3) is 2.14. The molecule has 0 aromatic carbocycles. The summed E-state index contributed by atoms with van der Waals surface area (Å²) in [6.07, 6.45) is 4.62. The van der Waals surface area contributed by atoms with Gasteiger partial charge in [0.1, 0.15) is 0 Å². The van der Waals surface area contributed by atoms with Crippen molar-refractivity contribution < 1.29 is 5.11 Å². The molecule has 0 radical (unpaired) electrons. The van der Waals surface area contributed by atoms with Crippen molar-refractivity contribution in [2.45, 2.75) is 52.2 Å². The minimum absolute atomic E-state index is 0.149. The number of nitrogens with zero attached hydrogens (tertiary/aromatic N) is 2. The van der Waals surface area contributed by atoms with Gasteiger partial charge < -0.3 is 5.11 Å². The Labute approximate surface area is 97.5 Å². The second kappa shape index (κ2) is 4.58. The summed E-state index contributed by atoms with van der Waals surface area (Å²) in [5, 5.41) is 14.2. The highest BCUT2D eigenvalue weighted by Crippen LogP contribution is 2.38. The van der Waals surface area contributed by atoms with Crippen LogP contribution in [0.2, 0.25) is 0 Å². The number of aromatic nitrogens is 2. The number of aliphatic hydroxyl groups is 1. The smallest absolute Gasteiger partial charge is 0.0577 e. The number of aryl methyl sites for hydroxylation is 1. The van der Waals surface area contributed by atoms with E-state index in [2.05, 4.69) is 30.6 Å². The molecule has 1 heterocycles. The van der Waals surface area contributed by atoms with Gasteiger partial charge in [-0.2, -0.15) is 5.10 Å². The fraction of sp³-hybridized carbons (Fsp3) is 0.769. The van der Waals surface area contributed by atoms with E-state index in [-0.39, 0.29) is 6.10 Å². The minimum Gasteiger partial charge on any atom is -0.393 e. The van der Waals surface area contributed by atoms with Gasteiger partial charge in [-0.25, -0.2) is 0 Å². The SMILES string of the molecule is Cc1ccnn1C1CC(O)CCC1C(C)C. The topological polar surface area (TPSA) is 38.0 Å². The summed E-state index contributed by atoms with van der Waals surface area (Å²) >= 11 is 0. The van der Waals surface area contributed by atoms with Crippen LogP contribution >= 0.6 is 0 Å². The number of hydrogen-bond acceptors (Lipinski definition) is 2. The average molecular weight is 222 g/mol. The van der Waals surface area contributed by atoms with Gasteiger partial charge in [-0.1, -0.05) is 13.8 Å². The molecule has 1 N–H and O–H groups in total. The highest BCUT2D eigenvalue weighted by atomic mass is 16.3. The first-order valence-electron chi connectivity index (χ1n) is 6.27. The highest BCUT2D eigenvalue weighted by Gasteiger charge is 2.33. The van der Waals surface area contributed by atoms with E-state index in [1.54, 1.807) is 0 Å². The largest absolute Gasteiger partial charge is 0.393 e. The molecule has 0 aliphatic heterocycles. The maximum Gasteiger partial charge on any atom is 0.0577 e. The maximum absolute atomic E-state index is 9.83. The van der Waals surface area contributed by atoms with E-state index in [4.69, 9.17) is 0 Å². The molecular weight excluding hydrogens is 200 g/mol. The second-order valence-corrected chi connectivity index (χ2v) is 5.36. The van der Waals surface area contributed by atoms with Gasteiger partial charge in [-0.05, 0) is 44.1 Å². The van der Waals surface area contributed by atoms with Crippen LogP contribution in [-0.4, -0.2) is 21.0 Å². The molecule has 0 spiro atoms. The number of aliphatic hydroxyl groups excluding tert-OH is 1. The van der Waals surface area contributed by atoms with E-state index >= 15 is 0 Å². The van der Waals surface area contributed by atoms with Gasteiger partial charge in [0.25, 0.3) is 0 Å². The summed E-state index contributed by atoms with van der Waals surface area (Å²) < 4.78 is 2.10. The molecular formula is C13H22N2O. The molecule has 2 rings (SSSR count). The van der Waals surface area contributed by atoms with E-state index in [1.807, 2.05) is 12.3 Å². The van der Waals surface area contributed by atoms with Gasteiger partial charge in [0, 0.05) is 11.9 Å². The van der Waals surface area contributed by atoms with Crippen LogP contribution in [0.15, 0.2) is 12.3 Å². The van der Waals surface area contributed by atoms with Crippen molar-refractivity contribution in [3.63, 3.8) is 0 Å². The predicted octanol–water partition coefficient (Wildman–Crippen LogP) is 2.55. The Morgan fingerprint density at radius 1 is 1.44 bits per heavy atom. The van der Waals surface area contributed by atoms with Crippen LogP contribution in [0.3, 0.4) is 0 Å². The van der Waals surface area contributed by atoms with E-state index < -0.39 is 0 Å². The normalized spacial score (nSPS) is 30.9. The molecule has 1 saturated carbocycles. The maximum atomic E-state index is 9.83. The lowest BCUT2D eigenvalue weighted by Gasteiger charge is -2.37. The summed E-state index contributed by atoms with van der Waals surface area (Å²) in [6.45, 7) is 6.63. The Balaban J connectivity index is 2.24. The van der Waals surface area contributed by atoms with Crippen LogP contribution in [0.4, 0.5) is 0 Å². The standard InChI is InChI=1S/C13H22N2O/c1-9(2)12-5-4-11(16)8-13(12)15-10(3)6-7-14-15/h6-7,9,11-13,16H,4-5,8H2,1-3H3. The van der Waals surface area contributed by atoms with Gasteiger partial charge in [0.05, 0.1) is 12.1 Å². The fourth-order valence-corrected chi connectivity index (χ4v) is 2.94. The molecule has 3 heteroatoms. The lowest BCUT2D eigenvalue weighted by Crippen LogP contribution is -2.33.